The summed E-state index contributed by atoms with van der Waals surface area (Å²) in [6.07, 6.45) is 3.15. The summed E-state index contributed by atoms with van der Waals surface area (Å²) in [7, 11) is 1.70. The Labute approximate surface area is 132 Å². The van der Waals surface area contributed by atoms with Crippen LogP contribution in [0.5, 0.6) is 5.75 Å². The first-order valence-corrected chi connectivity index (χ1v) is 7.74. The molecule has 0 radical (unpaired) electrons. The first-order valence-electron chi connectivity index (χ1n) is 7.74. The van der Waals surface area contributed by atoms with Gasteiger partial charge in [0, 0.05) is 5.92 Å². The van der Waals surface area contributed by atoms with Gasteiger partial charge in [0.1, 0.15) is 5.75 Å². The highest BCUT2D eigenvalue weighted by Crippen LogP contribution is 2.40. The third kappa shape index (κ3) is 3.07. The molecular weight excluding hydrogens is 272 g/mol. The molecule has 2 heteroatoms. The van der Waals surface area contributed by atoms with E-state index in [0.29, 0.717) is 11.8 Å². The molecule has 2 nitrogen and oxygen atoms in total. The molecule has 1 heterocycles. The van der Waals surface area contributed by atoms with Gasteiger partial charge in [-0.25, -0.2) is 0 Å². The monoisotopic (exact) mass is 294 g/mol. The van der Waals surface area contributed by atoms with Crippen LogP contribution in [0, 0.1) is 11.8 Å². The third-order valence-electron chi connectivity index (χ3n) is 4.42. The molecule has 0 N–H and O–H groups in total. The maximum Gasteiger partial charge on any atom is 0.119 e. The highest BCUT2D eigenvalue weighted by Gasteiger charge is 2.35. The van der Waals surface area contributed by atoms with E-state index in [1.807, 2.05) is 18.2 Å². The van der Waals surface area contributed by atoms with Crippen LogP contribution in [0.1, 0.15) is 17.2 Å². The fraction of sp³-hybridized carbons (Fsp3) is 0.300. The molecule has 114 valence electrons. The molecule has 0 saturated carbocycles. The molecule has 0 aromatic heterocycles. The van der Waals surface area contributed by atoms with Gasteiger partial charge in [-0.3, -0.25) is 0 Å². The lowest BCUT2D eigenvalue weighted by atomic mass is 9.84. The smallest absolute Gasteiger partial charge is 0.119 e. The first-order chi connectivity index (χ1) is 10.8. The minimum atomic E-state index is 0.120. The summed E-state index contributed by atoms with van der Waals surface area (Å²) in [5, 5.41) is 0. The van der Waals surface area contributed by atoms with Gasteiger partial charge in [-0.1, -0.05) is 48.5 Å². The van der Waals surface area contributed by atoms with Gasteiger partial charge in [-0.2, -0.15) is 0 Å². The summed E-state index contributed by atoms with van der Waals surface area (Å²) < 4.78 is 11.4. The van der Waals surface area contributed by atoms with Crippen LogP contribution < -0.4 is 4.74 Å². The van der Waals surface area contributed by atoms with Crippen LogP contribution in [0.2, 0.25) is 0 Å². The zero-order chi connectivity index (χ0) is 15.4. The Balaban J connectivity index is 1.76. The maximum absolute atomic E-state index is 6.08. The summed E-state index contributed by atoms with van der Waals surface area (Å²) in [4.78, 5) is 0. The van der Waals surface area contributed by atoms with Crippen LogP contribution in [0.3, 0.4) is 0 Å². The summed E-state index contributed by atoms with van der Waals surface area (Å²) in [6, 6.07) is 18.7. The standard InChI is InChI=1S/C20H22O2/c1-3-19-17(12-15-8-7-11-18(13-15)21-2)14-22-20(19)16-9-5-4-6-10-16/h3-11,13,17,19-20H,1,12,14H2,2H3/t17-,19+,20-/m1/s1. The van der Waals surface area contributed by atoms with E-state index in [-0.39, 0.29) is 6.10 Å². The lowest BCUT2D eigenvalue weighted by Gasteiger charge is -2.20. The second-order valence-corrected chi connectivity index (χ2v) is 5.79. The lowest BCUT2D eigenvalue weighted by Crippen LogP contribution is -2.15. The van der Waals surface area contributed by atoms with E-state index < -0.39 is 0 Å². The second-order valence-electron chi connectivity index (χ2n) is 5.79. The van der Waals surface area contributed by atoms with Crippen molar-refractivity contribution in [2.24, 2.45) is 11.8 Å². The number of rotatable bonds is 5. The van der Waals surface area contributed by atoms with Crippen molar-refractivity contribution in [3.05, 3.63) is 78.4 Å². The Bertz CT molecular complexity index is 621. The fourth-order valence-corrected chi connectivity index (χ4v) is 3.27. The van der Waals surface area contributed by atoms with Crippen LogP contribution in [0.25, 0.3) is 0 Å². The lowest BCUT2D eigenvalue weighted by molar-refractivity contribution is 0.0977. The molecule has 0 aliphatic carbocycles. The third-order valence-corrected chi connectivity index (χ3v) is 4.42. The molecule has 3 rings (SSSR count). The van der Waals surface area contributed by atoms with Crippen molar-refractivity contribution in [1.82, 2.24) is 0 Å². The minimum Gasteiger partial charge on any atom is -0.497 e. The fourth-order valence-electron chi connectivity index (χ4n) is 3.27. The van der Waals surface area contributed by atoms with Crippen molar-refractivity contribution >= 4 is 0 Å². The zero-order valence-corrected chi connectivity index (χ0v) is 12.9. The summed E-state index contributed by atoms with van der Waals surface area (Å²) in [6.45, 7) is 4.81. The highest BCUT2D eigenvalue weighted by atomic mass is 16.5. The van der Waals surface area contributed by atoms with Crippen LogP contribution in [0.15, 0.2) is 67.3 Å². The van der Waals surface area contributed by atoms with E-state index in [4.69, 9.17) is 9.47 Å². The molecule has 0 spiro atoms. The summed E-state index contributed by atoms with van der Waals surface area (Å²) in [5.74, 6) is 1.70. The van der Waals surface area contributed by atoms with Crippen LogP contribution in [-0.2, 0) is 11.2 Å². The SMILES string of the molecule is C=C[C@H]1[C@H](Cc2cccc(OC)c2)CO[C@@H]1c1ccccc1. The molecule has 1 saturated heterocycles. The van der Waals surface area contributed by atoms with E-state index in [2.05, 4.69) is 49.1 Å². The van der Waals surface area contributed by atoms with Gasteiger partial charge in [0.05, 0.1) is 19.8 Å². The average Bonchev–Trinajstić information content (AvgIpc) is 2.98. The zero-order valence-electron chi connectivity index (χ0n) is 12.9. The quantitative estimate of drug-likeness (QED) is 0.760. The number of methoxy groups -OCH3 is 1. The number of hydrogen-bond acceptors (Lipinski definition) is 2. The van der Waals surface area contributed by atoms with Gasteiger partial charge in [0.2, 0.25) is 0 Å². The molecule has 22 heavy (non-hydrogen) atoms. The van der Waals surface area contributed by atoms with Crippen molar-refractivity contribution in [3.8, 4) is 5.75 Å². The van der Waals surface area contributed by atoms with Crippen molar-refractivity contribution in [1.29, 1.82) is 0 Å². The van der Waals surface area contributed by atoms with Gasteiger partial charge in [0.25, 0.3) is 0 Å². The molecule has 0 bridgehead atoms. The highest BCUT2D eigenvalue weighted by molar-refractivity contribution is 5.29. The normalized spacial score (nSPS) is 24.1. The molecule has 0 amide bonds. The van der Waals surface area contributed by atoms with Gasteiger partial charge in [-0.05, 0) is 35.6 Å². The first kappa shape index (κ1) is 14.9. The average molecular weight is 294 g/mol. The van der Waals surface area contributed by atoms with Gasteiger partial charge in [-0.15, -0.1) is 6.58 Å². The van der Waals surface area contributed by atoms with Gasteiger partial charge >= 0.3 is 0 Å². The number of benzene rings is 2. The van der Waals surface area contributed by atoms with E-state index in [9.17, 15) is 0 Å². The molecule has 1 aliphatic rings. The molecule has 1 aliphatic heterocycles. The second kappa shape index (κ2) is 6.80. The van der Waals surface area contributed by atoms with E-state index in [1.165, 1.54) is 11.1 Å². The van der Waals surface area contributed by atoms with Crippen LogP contribution >= 0.6 is 0 Å². The minimum absolute atomic E-state index is 0.120. The largest absolute Gasteiger partial charge is 0.497 e. The Hall–Kier alpha value is -2.06. The Kier molecular flexibility index (Phi) is 4.59. The molecule has 1 fully saturated rings. The predicted octanol–water partition coefficient (Wildman–Crippen LogP) is 4.43. The van der Waals surface area contributed by atoms with Crippen molar-refractivity contribution in [2.45, 2.75) is 12.5 Å². The van der Waals surface area contributed by atoms with Crippen molar-refractivity contribution in [3.63, 3.8) is 0 Å². The number of ether oxygens (including phenoxy) is 2. The predicted molar refractivity (Wildman–Crippen MR) is 89.0 cm³/mol. The van der Waals surface area contributed by atoms with E-state index in [1.54, 1.807) is 7.11 Å². The van der Waals surface area contributed by atoms with Crippen LogP contribution in [-0.4, -0.2) is 13.7 Å². The Morgan fingerprint density at radius 1 is 1.18 bits per heavy atom. The van der Waals surface area contributed by atoms with E-state index >= 15 is 0 Å². The van der Waals surface area contributed by atoms with Gasteiger partial charge < -0.3 is 9.47 Å². The van der Waals surface area contributed by atoms with Gasteiger partial charge in [0.15, 0.2) is 0 Å². The molecular formula is C20H22O2. The van der Waals surface area contributed by atoms with E-state index in [0.717, 1.165) is 18.8 Å². The summed E-state index contributed by atoms with van der Waals surface area (Å²) in [5.41, 5.74) is 2.52. The Morgan fingerprint density at radius 2 is 2.00 bits per heavy atom. The maximum atomic E-state index is 6.08. The topological polar surface area (TPSA) is 18.5 Å². The Morgan fingerprint density at radius 3 is 2.73 bits per heavy atom. The van der Waals surface area contributed by atoms with Crippen molar-refractivity contribution in [2.75, 3.05) is 13.7 Å². The summed E-state index contributed by atoms with van der Waals surface area (Å²) >= 11 is 0. The molecule has 3 atom stereocenters. The molecule has 2 aromatic rings. The number of hydrogen-bond donors (Lipinski definition) is 0. The van der Waals surface area contributed by atoms with Crippen molar-refractivity contribution < 1.29 is 9.47 Å². The molecule has 2 aromatic carbocycles. The van der Waals surface area contributed by atoms with Crippen LogP contribution in [0.4, 0.5) is 0 Å². The molecule has 0 unspecified atom stereocenters.